The van der Waals surface area contributed by atoms with Crippen molar-refractivity contribution in [1.82, 2.24) is 4.72 Å². The van der Waals surface area contributed by atoms with E-state index >= 15 is 0 Å². The van der Waals surface area contributed by atoms with E-state index in [-0.39, 0.29) is 17.4 Å². The van der Waals surface area contributed by atoms with Gasteiger partial charge < -0.3 is 14.8 Å². The summed E-state index contributed by atoms with van der Waals surface area (Å²) in [5.41, 5.74) is 1.74. The standard InChI is InChI=1S/C25H34N2O5S/c1-4-32-25(28)24(27-33(29,30)22-16-10-18(2)11-17-22)23(19-8-6-5-7-9-19)26-20-12-14-21(31-3)15-13-20/h10-17,19,23-24,26-27H,4-9H2,1-3H3. The maximum atomic E-state index is 13.2. The number of methoxy groups -OCH3 is 1. The summed E-state index contributed by atoms with van der Waals surface area (Å²) in [6, 6.07) is 12.4. The maximum absolute atomic E-state index is 13.2. The molecule has 0 spiro atoms. The van der Waals surface area contributed by atoms with Gasteiger partial charge in [-0.15, -0.1) is 0 Å². The summed E-state index contributed by atoms with van der Waals surface area (Å²) >= 11 is 0. The highest BCUT2D eigenvalue weighted by Gasteiger charge is 2.39. The van der Waals surface area contributed by atoms with E-state index in [0.29, 0.717) is 0 Å². The van der Waals surface area contributed by atoms with Crippen LogP contribution in [0.1, 0.15) is 44.6 Å². The van der Waals surface area contributed by atoms with Crippen LogP contribution in [0.5, 0.6) is 5.75 Å². The predicted molar refractivity (Wildman–Crippen MR) is 129 cm³/mol. The number of ether oxygens (including phenoxy) is 2. The number of benzene rings is 2. The van der Waals surface area contributed by atoms with Crippen molar-refractivity contribution in [3.8, 4) is 5.75 Å². The van der Waals surface area contributed by atoms with Gasteiger partial charge in [-0.05, 0) is 69.0 Å². The molecule has 8 heteroatoms. The first-order chi connectivity index (χ1) is 15.8. The van der Waals surface area contributed by atoms with Crippen LogP contribution < -0.4 is 14.8 Å². The molecular formula is C25H34N2O5S. The van der Waals surface area contributed by atoms with Crippen molar-refractivity contribution in [2.75, 3.05) is 19.0 Å². The van der Waals surface area contributed by atoms with Crippen molar-refractivity contribution in [2.24, 2.45) is 5.92 Å². The van der Waals surface area contributed by atoms with Crippen LogP contribution in [0.4, 0.5) is 5.69 Å². The van der Waals surface area contributed by atoms with Crippen molar-refractivity contribution in [3.05, 3.63) is 54.1 Å². The Labute approximate surface area is 196 Å². The smallest absolute Gasteiger partial charge is 0.326 e. The largest absolute Gasteiger partial charge is 0.497 e. The summed E-state index contributed by atoms with van der Waals surface area (Å²) in [5, 5.41) is 3.44. The maximum Gasteiger partial charge on any atom is 0.326 e. The van der Waals surface area contributed by atoms with E-state index in [1.165, 1.54) is 0 Å². The molecule has 2 atom stereocenters. The van der Waals surface area contributed by atoms with Gasteiger partial charge in [0.1, 0.15) is 11.8 Å². The number of nitrogens with one attached hydrogen (secondary N) is 2. The Morgan fingerprint density at radius 3 is 2.24 bits per heavy atom. The molecule has 0 aromatic heterocycles. The van der Waals surface area contributed by atoms with Crippen LogP contribution in [0.15, 0.2) is 53.4 Å². The summed E-state index contributed by atoms with van der Waals surface area (Å²) in [6.07, 6.45) is 5.06. The van der Waals surface area contributed by atoms with Gasteiger partial charge in [-0.2, -0.15) is 4.72 Å². The van der Waals surface area contributed by atoms with Gasteiger partial charge in [-0.1, -0.05) is 37.0 Å². The number of hydrogen-bond donors (Lipinski definition) is 2. The van der Waals surface area contributed by atoms with Crippen molar-refractivity contribution >= 4 is 21.7 Å². The van der Waals surface area contributed by atoms with E-state index < -0.39 is 28.1 Å². The molecular weight excluding hydrogens is 440 g/mol. The highest BCUT2D eigenvalue weighted by atomic mass is 32.2. The van der Waals surface area contributed by atoms with Crippen molar-refractivity contribution in [2.45, 2.75) is 62.9 Å². The molecule has 2 N–H and O–H groups in total. The quantitative estimate of drug-likeness (QED) is 0.500. The zero-order chi connectivity index (χ0) is 23.8. The molecule has 1 saturated carbocycles. The molecule has 180 valence electrons. The Morgan fingerprint density at radius 2 is 1.67 bits per heavy atom. The molecule has 0 saturated heterocycles. The van der Waals surface area contributed by atoms with Gasteiger partial charge in [0.15, 0.2) is 0 Å². The van der Waals surface area contributed by atoms with Crippen LogP contribution in [0.3, 0.4) is 0 Å². The highest BCUT2D eigenvalue weighted by Crippen LogP contribution is 2.31. The predicted octanol–water partition coefficient (Wildman–Crippen LogP) is 4.27. The minimum atomic E-state index is -3.94. The second kappa shape index (κ2) is 11.5. The lowest BCUT2D eigenvalue weighted by atomic mass is 9.81. The number of aryl methyl sites for hydroxylation is 1. The van der Waals surface area contributed by atoms with E-state index in [2.05, 4.69) is 10.0 Å². The first-order valence-corrected chi connectivity index (χ1v) is 13.0. The van der Waals surface area contributed by atoms with E-state index in [0.717, 1.165) is 49.1 Å². The summed E-state index contributed by atoms with van der Waals surface area (Å²) in [7, 11) is -2.34. The minimum absolute atomic E-state index is 0.120. The van der Waals surface area contributed by atoms with Crippen LogP contribution in [-0.4, -0.2) is 40.2 Å². The van der Waals surface area contributed by atoms with Gasteiger partial charge in [-0.25, -0.2) is 8.42 Å². The number of carbonyl (C=O) groups is 1. The molecule has 0 aliphatic heterocycles. The molecule has 1 aliphatic rings. The molecule has 1 fully saturated rings. The Hall–Kier alpha value is -2.58. The molecule has 2 aromatic carbocycles. The van der Waals surface area contributed by atoms with E-state index in [1.807, 2.05) is 31.2 Å². The normalized spacial score (nSPS) is 16.6. The molecule has 3 rings (SSSR count). The molecule has 33 heavy (non-hydrogen) atoms. The molecule has 2 unspecified atom stereocenters. The average molecular weight is 475 g/mol. The Bertz CT molecular complexity index is 1000. The molecule has 0 heterocycles. The number of hydrogen-bond acceptors (Lipinski definition) is 6. The molecule has 0 radical (unpaired) electrons. The van der Waals surface area contributed by atoms with Crippen LogP contribution in [0, 0.1) is 12.8 Å². The Balaban J connectivity index is 1.95. The number of anilines is 1. The lowest BCUT2D eigenvalue weighted by Crippen LogP contribution is -2.55. The first-order valence-electron chi connectivity index (χ1n) is 11.5. The molecule has 0 bridgehead atoms. The second-order valence-electron chi connectivity index (χ2n) is 8.46. The zero-order valence-corrected chi connectivity index (χ0v) is 20.4. The monoisotopic (exact) mass is 474 g/mol. The van der Waals surface area contributed by atoms with Gasteiger partial charge in [0.2, 0.25) is 10.0 Å². The van der Waals surface area contributed by atoms with Crippen molar-refractivity contribution in [3.63, 3.8) is 0 Å². The SMILES string of the molecule is CCOC(=O)C(NS(=O)(=O)c1ccc(C)cc1)C(Nc1ccc(OC)cc1)C1CCCCC1. The number of carbonyl (C=O) groups excluding carboxylic acids is 1. The third-order valence-electron chi connectivity index (χ3n) is 6.09. The number of esters is 1. The average Bonchev–Trinajstić information content (AvgIpc) is 2.82. The molecule has 2 aromatic rings. The summed E-state index contributed by atoms with van der Waals surface area (Å²) in [4.78, 5) is 13.2. The lowest BCUT2D eigenvalue weighted by molar-refractivity contribution is -0.146. The number of sulfonamides is 1. The van der Waals surface area contributed by atoms with Crippen LogP contribution in [0.2, 0.25) is 0 Å². The van der Waals surface area contributed by atoms with E-state index in [4.69, 9.17) is 9.47 Å². The van der Waals surface area contributed by atoms with Crippen LogP contribution in [0.25, 0.3) is 0 Å². The number of rotatable bonds is 10. The molecule has 7 nitrogen and oxygen atoms in total. The first kappa shape index (κ1) is 25.1. The molecule has 1 aliphatic carbocycles. The third-order valence-corrected chi connectivity index (χ3v) is 7.55. The summed E-state index contributed by atoms with van der Waals surface area (Å²) in [5.74, 6) is 0.262. The fourth-order valence-corrected chi connectivity index (χ4v) is 5.51. The third kappa shape index (κ3) is 6.71. The summed E-state index contributed by atoms with van der Waals surface area (Å²) in [6.45, 7) is 3.78. The van der Waals surface area contributed by atoms with Gasteiger partial charge in [0, 0.05) is 5.69 Å². The summed E-state index contributed by atoms with van der Waals surface area (Å²) < 4.78 is 39.7. The Morgan fingerprint density at radius 1 is 1.03 bits per heavy atom. The van der Waals surface area contributed by atoms with Gasteiger partial charge in [-0.3, -0.25) is 4.79 Å². The van der Waals surface area contributed by atoms with E-state index in [9.17, 15) is 13.2 Å². The minimum Gasteiger partial charge on any atom is -0.497 e. The van der Waals surface area contributed by atoms with Crippen molar-refractivity contribution < 1.29 is 22.7 Å². The van der Waals surface area contributed by atoms with Gasteiger partial charge >= 0.3 is 5.97 Å². The zero-order valence-electron chi connectivity index (χ0n) is 19.5. The lowest BCUT2D eigenvalue weighted by Gasteiger charge is -2.36. The molecule has 0 amide bonds. The van der Waals surface area contributed by atoms with Gasteiger partial charge in [0.05, 0.1) is 24.7 Å². The van der Waals surface area contributed by atoms with Crippen molar-refractivity contribution in [1.29, 1.82) is 0 Å². The van der Waals surface area contributed by atoms with Crippen LogP contribution >= 0.6 is 0 Å². The Kier molecular flexibility index (Phi) is 8.74. The highest BCUT2D eigenvalue weighted by molar-refractivity contribution is 7.89. The van der Waals surface area contributed by atoms with E-state index in [1.54, 1.807) is 38.3 Å². The van der Waals surface area contributed by atoms with Gasteiger partial charge in [0.25, 0.3) is 0 Å². The second-order valence-corrected chi connectivity index (χ2v) is 10.2. The topological polar surface area (TPSA) is 93.7 Å². The fourth-order valence-electron chi connectivity index (χ4n) is 4.30. The van der Waals surface area contributed by atoms with Crippen LogP contribution in [-0.2, 0) is 19.6 Å². The fraction of sp³-hybridized carbons (Fsp3) is 0.480.